The van der Waals surface area contributed by atoms with Gasteiger partial charge in [0, 0.05) is 29.5 Å². The van der Waals surface area contributed by atoms with E-state index in [2.05, 4.69) is 16.0 Å². The lowest BCUT2D eigenvalue weighted by Gasteiger charge is -2.35. The Morgan fingerprint density at radius 3 is 2.51 bits per heavy atom. The lowest BCUT2D eigenvalue weighted by molar-refractivity contribution is -0.145. The Hall–Kier alpha value is -3.34. The van der Waals surface area contributed by atoms with Gasteiger partial charge in [-0.1, -0.05) is 23.7 Å². The van der Waals surface area contributed by atoms with Crippen LogP contribution in [0.15, 0.2) is 47.7 Å². The molecule has 9 nitrogen and oxygen atoms in total. The molecule has 2 aromatic rings. The Morgan fingerprint density at radius 1 is 1.13 bits per heavy atom. The van der Waals surface area contributed by atoms with Crippen LogP contribution in [0.1, 0.15) is 37.9 Å². The topological polar surface area (TPSA) is 101 Å². The van der Waals surface area contributed by atoms with Gasteiger partial charge in [0.25, 0.3) is 11.8 Å². The standard InChI is InChI=1S/C28H33ClN4O5S/c1-15-6-8-20(11-21(15)29)31-27(35)25-18(4)30-28(39)32-26(25)19-7-9-22(23(10-19)36-5)37-14-24(34)33-12-16(2)38-17(3)13-33/h6-11,16-17,26H,12-14H2,1-5H3,(H,31,35)(H2,30,32,39)/t16-,17-,26+/m0/s1. The number of allylic oxidation sites excluding steroid dienone is 1. The first-order chi connectivity index (χ1) is 18.5. The van der Waals surface area contributed by atoms with Gasteiger partial charge in [-0.05, 0) is 75.3 Å². The highest BCUT2D eigenvalue weighted by atomic mass is 35.5. The van der Waals surface area contributed by atoms with Gasteiger partial charge in [0.1, 0.15) is 0 Å². The Balaban J connectivity index is 1.53. The molecule has 0 spiro atoms. The van der Waals surface area contributed by atoms with E-state index in [4.69, 9.17) is 38.0 Å². The van der Waals surface area contributed by atoms with Crippen molar-refractivity contribution in [3.05, 3.63) is 63.8 Å². The molecule has 208 valence electrons. The lowest BCUT2D eigenvalue weighted by Crippen LogP contribution is -2.49. The van der Waals surface area contributed by atoms with Crippen LogP contribution in [-0.4, -0.2) is 60.8 Å². The molecule has 11 heteroatoms. The number of nitrogens with zero attached hydrogens (tertiary/aromatic N) is 1. The third-order valence-electron chi connectivity index (χ3n) is 6.59. The first kappa shape index (κ1) is 28.7. The molecular formula is C28H33ClN4O5S. The number of carbonyl (C=O) groups is 2. The number of rotatable bonds is 7. The second kappa shape index (κ2) is 12.2. The predicted octanol–water partition coefficient (Wildman–Crippen LogP) is 4.10. The van der Waals surface area contributed by atoms with Crippen LogP contribution in [0.25, 0.3) is 0 Å². The molecule has 0 radical (unpaired) electrons. The summed E-state index contributed by atoms with van der Waals surface area (Å²) < 4.78 is 17.1. The number of anilines is 1. The van der Waals surface area contributed by atoms with Gasteiger partial charge in [-0.15, -0.1) is 0 Å². The monoisotopic (exact) mass is 572 g/mol. The Kier molecular flexibility index (Phi) is 8.99. The Labute approximate surface area is 238 Å². The van der Waals surface area contributed by atoms with Crippen molar-refractivity contribution in [2.75, 3.05) is 32.1 Å². The summed E-state index contributed by atoms with van der Waals surface area (Å²) >= 11 is 11.6. The highest BCUT2D eigenvalue weighted by Gasteiger charge is 2.31. The van der Waals surface area contributed by atoms with E-state index in [1.807, 2.05) is 32.9 Å². The van der Waals surface area contributed by atoms with Gasteiger partial charge in [-0.2, -0.15) is 0 Å². The molecule has 3 N–H and O–H groups in total. The van der Waals surface area contributed by atoms with Gasteiger partial charge in [-0.3, -0.25) is 9.59 Å². The quantitative estimate of drug-likeness (QED) is 0.426. The van der Waals surface area contributed by atoms with Crippen LogP contribution in [-0.2, 0) is 14.3 Å². The molecule has 2 heterocycles. The average molecular weight is 573 g/mol. The van der Waals surface area contributed by atoms with Crippen LogP contribution >= 0.6 is 23.8 Å². The van der Waals surface area contributed by atoms with Crippen molar-refractivity contribution in [2.24, 2.45) is 0 Å². The van der Waals surface area contributed by atoms with E-state index >= 15 is 0 Å². The van der Waals surface area contributed by atoms with Crippen molar-refractivity contribution in [3.63, 3.8) is 0 Å². The third-order valence-corrected chi connectivity index (χ3v) is 7.22. The van der Waals surface area contributed by atoms with Crippen LogP contribution < -0.4 is 25.4 Å². The third kappa shape index (κ3) is 6.81. The fourth-order valence-electron chi connectivity index (χ4n) is 4.71. The van der Waals surface area contributed by atoms with Gasteiger partial charge in [0.2, 0.25) is 0 Å². The minimum atomic E-state index is -0.555. The minimum absolute atomic E-state index is 0.0269. The maximum atomic E-state index is 13.4. The molecule has 0 aliphatic carbocycles. The first-order valence-electron chi connectivity index (χ1n) is 12.7. The zero-order valence-electron chi connectivity index (χ0n) is 22.6. The van der Waals surface area contributed by atoms with Gasteiger partial charge < -0.3 is 35.1 Å². The molecule has 2 aliphatic heterocycles. The molecule has 0 aromatic heterocycles. The fraction of sp³-hybridized carbons (Fsp3) is 0.393. The Bertz CT molecular complexity index is 1310. The van der Waals surface area contributed by atoms with Crippen LogP contribution in [0.5, 0.6) is 11.5 Å². The SMILES string of the molecule is COc1cc([C@H]2NC(=S)NC(C)=C2C(=O)Nc2ccc(C)c(Cl)c2)ccc1OCC(=O)N1C[C@H](C)O[C@@H](C)C1. The van der Waals surface area contributed by atoms with E-state index in [-0.39, 0.29) is 30.6 Å². The Morgan fingerprint density at radius 2 is 1.85 bits per heavy atom. The van der Waals surface area contributed by atoms with Crippen molar-refractivity contribution in [3.8, 4) is 11.5 Å². The molecule has 39 heavy (non-hydrogen) atoms. The molecule has 3 atom stereocenters. The van der Waals surface area contributed by atoms with E-state index in [0.29, 0.717) is 51.7 Å². The molecular weight excluding hydrogens is 540 g/mol. The van der Waals surface area contributed by atoms with E-state index in [1.54, 1.807) is 36.1 Å². The molecule has 0 unspecified atom stereocenters. The number of aryl methyl sites for hydroxylation is 1. The van der Waals surface area contributed by atoms with Gasteiger partial charge in [-0.25, -0.2) is 0 Å². The number of thiocarbonyl (C=S) groups is 1. The summed E-state index contributed by atoms with van der Waals surface area (Å²) in [5.74, 6) is 0.417. The number of carbonyl (C=O) groups excluding carboxylic acids is 2. The summed E-state index contributed by atoms with van der Waals surface area (Å²) in [6, 6.07) is 10.1. The highest BCUT2D eigenvalue weighted by Crippen LogP contribution is 2.35. The largest absolute Gasteiger partial charge is 0.493 e. The number of ether oxygens (including phenoxy) is 3. The second-order valence-corrected chi connectivity index (χ2v) is 10.6. The molecule has 2 aliphatic rings. The van der Waals surface area contributed by atoms with Gasteiger partial charge in [0.05, 0.1) is 30.9 Å². The van der Waals surface area contributed by atoms with E-state index < -0.39 is 6.04 Å². The molecule has 0 saturated carbocycles. The molecule has 0 bridgehead atoms. The van der Waals surface area contributed by atoms with Gasteiger partial charge in [0.15, 0.2) is 23.2 Å². The van der Waals surface area contributed by atoms with Crippen molar-refractivity contribution in [1.82, 2.24) is 15.5 Å². The molecule has 2 aromatic carbocycles. The normalized spacial score (nSPS) is 21.1. The maximum absolute atomic E-state index is 13.4. The van der Waals surface area contributed by atoms with Crippen LogP contribution in [0.3, 0.4) is 0 Å². The summed E-state index contributed by atoms with van der Waals surface area (Å²) in [6.07, 6.45) is -0.0537. The minimum Gasteiger partial charge on any atom is -0.493 e. The predicted molar refractivity (Wildman–Crippen MR) is 154 cm³/mol. The lowest BCUT2D eigenvalue weighted by atomic mass is 9.94. The summed E-state index contributed by atoms with van der Waals surface area (Å²) in [4.78, 5) is 27.9. The molecule has 2 amide bonds. The smallest absolute Gasteiger partial charge is 0.260 e. The number of morpholine rings is 1. The van der Waals surface area contributed by atoms with Crippen LogP contribution in [0.2, 0.25) is 5.02 Å². The van der Waals surface area contributed by atoms with Crippen molar-refractivity contribution >= 4 is 46.4 Å². The number of hydrogen-bond donors (Lipinski definition) is 3. The van der Waals surface area contributed by atoms with Crippen LogP contribution in [0, 0.1) is 6.92 Å². The van der Waals surface area contributed by atoms with Crippen molar-refractivity contribution < 1.29 is 23.8 Å². The summed E-state index contributed by atoms with van der Waals surface area (Å²) in [5.41, 5.74) is 3.31. The maximum Gasteiger partial charge on any atom is 0.260 e. The van der Waals surface area contributed by atoms with Crippen molar-refractivity contribution in [1.29, 1.82) is 0 Å². The number of halogens is 1. The molecule has 1 fully saturated rings. The zero-order valence-corrected chi connectivity index (χ0v) is 24.2. The summed E-state index contributed by atoms with van der Waals surface area (Å²) in [6.45, 7) is 8.50. The number of hydrogen-bond acceptors (Lipinski definition) is 6. The number of amides is 2. The number of benzene rings is 2. The average Bonchev–Trinajstić information content (AvgIpc) is 2.88. The first-order valence-corrected chi connectivity index (χ1v) is 13.4. The zero-order chi connectivity index (χ0) is 28.3. The number of methoxy groups -OCH3 is 1. The van der Waals surface area contributed by atoms with Gasteiger partial charge >= 0.3 is 0 Å². The van der Waals surface area contributed by atoms with E-state index in [1.165, 1.54) is 7.11 Å². The number of nitrogens with one attached hydrogen (secondary N) is 3. The summed E-state index contributed by atoms with van der Waals surface area (Å²) in [7, 11) is 1.52. The van der Waals surface area contributed by atoms with Crippen LogP contribution in [0.4, 0.5) is 5.69 Å². The second-order valence-electron chi connectivity index (χ2n) is 9.74. The fourth-order valence-corrected chi connectivity index (χ4v) is 5.16. The van der Waals surface area contributed by atoms with Crippen molar-refractivity contribution in [2.45, 2.75) is 45.9 Å². The summed E-state index contributed by atoms with van der Waals surface area (Å²) in [5, 5.41) is 10.1. The highest BCUT2D eigenvalue weighted by molar-refractivity contribution is 7.80. The van der Waals surface area contributed by atoms with E-state index in [0.717, 1.165) is 11.1 Å². The molecule has 1 saturated heterocycles. The molecule has 4 rings (SSSR count). The van der Waals surface area contributed by atoms with E-state index in [9.17, 15) is 9.59 Å².